The predicted molar refractivity (Wildman–Crippen MR) is 76.5 cm³/mol. The predicted octanol–water partition coefficient (Wildman–Crippen LogP) is 2.95. The van der Waals surface area contributed by atoms with Crippen LogP contribution in [0.1, 0.15) is 5.76 Å². The Balaban J connectivity index is 1.91. The first kappa shape index (κ1) is 13.8. The molecule has 19 heavy (non-hydrogen) atoms. The second kappa shape index (κ2) is 5.99. The highest BCUT2D eigenvalue weighted by Crippen LogP contribution is 2.28. The SMILES string of the molecule is Cc1cc(NC(=O)CSc2cc(N)ccc2Cl)no1. The van der Waals surface area contributed by atoms with Crippen molar-refractivity contribution < 1.29 is 9.32 Å². The molecular weight excluding hydrogens is 286 g/mol. The van der Waals surface area contributed by atoms with Gasteiger partial charge in [0.05, 0.1) is 10.8 Å². The Bertz CT molecular complexity index is 600. The first-order valence-electron chi connectivity index (χ1n) is 5.45. The van der Waals surface area contributed by atoms with Crippen LogP contribution in [0.5, 0.6) is 0 Å². The molecule has 0 aliphatic heterocycles. The Morgan fingerprint density at radius 1 is 1.53 bits per heavy atom. The van der Waals surface area contributed by atoms with Gasteiger partial charge in [0.2, 0.25) is 5.91 Å². The molecule has 1 aromatic heterocycles. The van der Waals surface area contributed by atoms with Crippen LogP contribution in [0.4, 0.5) is 11.5 Å². The van der Waals surface area contributed by atoms with Gasteiger partial charge in [-0.1, -0.05) is 16.8 Å². The average molecular weight is 298 g/mol. The van der Waals surface area contributed by atoms with Gasteiger partial charge in [-0.05, 0) is 25.1 Å². The van der Waals surface area contributed by atoms with Crippen LogP contribution in [0.25, 0.3) is 0 Å². The van der Waals surface area contributed by atoms with E-state index in [9.17, 15) is 4.79 Å². The van der Waals surface area contributed by atoms with Gasteiger partial charge >= 0.3 is 0 Å². The quantitative estimate of drug-likeness (QED) is 0.670. The molecule has 0 aliphatic rings. The molecule has 0 unspecified atom stereocenters. The van der Waals surface area contributed by atoms with Crippen LogP contribution in [0, 0.1) is 6.92 Å². The number of nitrogens with one attached hydrogen (secondary N) is 1. The zero-order valence-corrected chi connectivity index (χ0v) is 11.7. The third-order valence-corrected chi connectivity index (χ3v) is 3.71. The van der Waals surface area contributed by atoms with Crippen LogP contribution in [0.2, 0.25) is 5.02 Å². The average Bonchev–Trinajstić information content (AvgIpc) is 2.76. The highest BCUT2D eigenvalue weighted by molar-refractivity contribution is 8.00. The fraction of sp³-hybridized carbons (Fsp3) is 0.167. The van der Waals surface area contributed by atoms with E-state index in [4.69, 9.17) is 21.9 Å². The van der Waals surface area contributed by atoms with Crippen molar-refractivity contribution in [2.75, 3.05) is 16.8 Å². The number of carbonyl (C=O) groups excluding carboxylic acids is 1. The minimum atomic E-state index is -0.184. The Hall–Kier alpha value is -1.66. The van der Waals surface area contributed by atoms with Crippen LogP contribution < -0.4 is 11.1 Å². The zero-order chi connectivity index (χ0) is 13.8. The molecule has 100 valence electrons. The molecule has 1 heterocycles. The van der Waals surface area contributed by atoms with Gasteiger partial charge in [0.15, 0.2) is 5.82 Å². The highest BCUT2D eigenvalue weighted by atomic mass is 35.5. The molecule has 0 radical (unpaired) electrons. The third-order valence-electron chi connectivity index (χ3n) is 2.21. The highest BCUT2D eigenvalue weighted by Gasteiger charge is 2.08. The minimum absolute atomic E-state index is 0.184. The summed E-state index contributed by atoms with van der Waals surface area (Å²) >= 11 is 7.32. The number of halogens is 1. The molecule has 1 aromatic carbocycles. The van der Waals surface area contributed by atoms with Crippen molar-refractivity contribution in [1.82, 2.24) is 5.16 Å². The maximum atomic E-state index is 11.7. The van der Waals surface area contributed by atoms with E-state index in [2.05, 4.69) is 10.5 Å². The van der Waals surface area contributed by atoms with Gasteiger partial charge in [-0.15, -0.1) is 11.8 Å². The molecule has 7 heteroatoms. The molecule has 0 atom stereocenters. The van der Waals surface area contributed by atoms with Gasteiger partial charge in [0, 0.05) is 16.6 Å². The number of carbonyl (C=O) groups is 1. The molecule has 0 spiro atoms. The zero-order valence-electron chi connectivity index (χ0n) is 10.1. The van der Waals surface area contributed by atoms with E-state index in [1.165, 1.54) is 11.8 Å². The van der Waals surface area contributed by atoms with E-state index in [-0.39, 0.29) is 11.7 Å². The van der Waals surface area contributed by atoms with Gasteiger partial charge < -0.3 is 15.6 Å². The van der Waals surface area contributed by atoms with E-state index >= 15 is 0 Å². The lowest BCUT2D eigenvalue weighted by atomic mass is 10.3. The Morgan fingerprint density at radius 3 is 3.00 bits per heavy atom. The number of hydrogen-bond donors (Lipinski definition) is 2. The van der Waals surface area contributed by atoms with Gasteiger partial charge in [0.25, 0.3) is 0 Å². The minimum Gasteiger partial charge on any atom is -0.399 e. The summed E-state index contributed by atoms with van der Waals surface area (Å²) in [6.07, 6.45) is 0. The van der Waals surface area contributed by atoms with Gasteiger partial charge in [-0.25, -0.2) is 0 Å². The summed E-state index contributed by atoms with van der Waals surface area (Å²) in [5.74, 6) is 1.08. The normalized spacial score (nSPS) is 10.4. The lowest BCUT2D eigenvalue weighted by Crippen LogP contribution is -2.14. The van der Waals surface area contributed by atoms with Gasteiger partial charge in [-0.2, -0.15) is 0 Å². The van der Waals surface area contributed by atoms with Crippen LogP contribution in [0.3, 0.4) is 0 Å². The third kappa shape index (κ3) is 3.90. The van der Waals surface area contributed by atoms with Crippen molar-refractivity contribution in [3.05, 3.63) is 35.0 Å². The van der Waals surface area contributed by atoms with Crippen molar-refractivity contribution in [1.29, 1.82) is 0 Å². The van der Waals surface area contributed by atoms with Crippen LogP contribution >= 0.6 is 23.4 Å². The monoisotopic (exact) mass is 297 g/mol. The summed E-state index contributed by atoms with van der Waals surface area (Å²) in [5, 5.41) is 6.88. The molecule has 2 aromatic rings. The lowest BCUT2D eigenvalue weighted by Gasteiger charge is -2.05. The molecule has 3 N–H and O–H groups in total. The van der Waals surface area contributed by atoms with E-state index in [1.54, 1.807) is 31.2 Å². The van der Waals surface area contributed by atoms with Crippen LogP contribution in [-0.4, -0.2) is 16.8 Å². The van der Waals surface area contributed by atoms with Crippen molar-refractivity contribution in [3.8, 4) is 0 Å². The molecule has 0 bridgehead atoms. The maximum absolute atomic E-state index is 11.7. The standard InChI is InChI=1S/C12H12ClN3O2S/c1-7-4-11(16-18-7)15-12(17)6-19-10-5-8(14)2-3-9(10)13/h2-5H,6,14H2,1H3,(H,15,16,17). The first-order valence-corrected chi connectivity index (χ1v) is 6.82. The topological polar surface area (TPSA) is 81.2 Å². The molecule has 0 saturated carbocycles. The maximum Gasteiger partial charge on any atom is 0.235 e. The fourth-order valence-corrected chi connectivity index (χ4v) is 2.44. The van der Waals surface area contributed by atoms with Crippen LogP contribution in [-0.2, 0) is 4.79 Å². The number of thioether (sulfide) groups is 1. The smallest absolute Gasteiger partial charge is 0.235 e. The van der Waals surface area contributed by atoms with Gasteiger partial charge in [-0.3, -0.25) is 4.79 Å². The molecule has 0 fully saturated rings. The molecule has 5 nitrogen and oxygen atoms in total. The van der Waals surface area contributed by atoms with E-state index in [0.717, 1.165) is 4.90 Å². The number of nitrogens with zero attached hydrogens (tertiary/aromatic N) is 1. The van der Waals surface area contributed by atoms with Crippen molar-refractivity contribution in [2.24, 2.45) is 0 Å². The Morgan fingerprint density at radius 2 is 2.32 bits per heavy atom. The van der Waals surface area contributed by atoms with E-state index < -0.39 is 0 Å². The number of nitrogens with two attached hydrogens (primary N) is 1. The van der Waals surface area contributed by atoms with Crippen LogP contribution in [0.15, 0.2) is 33.7 Å². The number of rotatable bonds is 4. The summed E-state index contributed by atoms with van der Waals surface area (Å²) in [4.78, 5) is 12.5. The second-order valence-corrected chi connectivity index (χ2v) is 5.27. The fourth-order valence-electron chi connectivity index (χ4n) is 1.38. The number of benzene rings is 1. The number of hydrogen-bond acceptors (Lipinski definition) is 5. The summed E-state index contributed by atoms with van der Waals surface area (Å²) in [5.41, 5.74) is 6.28. The molecular formula is C12H12ClN3O2S. The summed E-state index contributed by atoms with van der Waals surface area (Å²) < 4.78 is 4.85. The number of amides is 1. The van der Waals surface area contributed by atoms with Crippen molar-refractivity contribution in [3.63, 3.8) is 0 Å². The molecule has 1 amide bonds. The summed E-state index contributed by atoms with van der Waals surface area (Å²) in [6, 6.07) is 6.80. The summed E-state index contributed by atoms with van der Waals surface area (Å²) in [6.45, 7) is 1.75. The van der Waals surface area contributed by atoms with Crippen molar-refractivity contribution >= 4 is 40.8 Å². The molecule has 2 rings (SSSR count). The number of anilines is 2. The van der Waals surface area contributed by atoms with E-state index in [0.29, 0.717) is 22.3 Å². The number of aryl methyl sites for hydroxylation is 1. The van der Waals surface area contributed by atoms with Crippen molar-refractivity contribution in [2.45, 2.75) is 11.8 Å². The largest absolute Gasteiger partial charge is 0.399 e. The molecule has 0 saturated heterocycles. The van der Waals surface area contributed by atoms with E-state index in [1.807, 2.05) is 0 Å². The number of aromatic nitrogens is 1. The lowest BCUT2D eigenvalue weighted by molar-refractivity contribution is -0.113. The Kier molecular flexibility index (Phi) is 4.34. The number of nitrogen functional groups attached to an aromatic ring is 1. The summed E-state index contributed by atoms with van der Waals surface area (Å²) in [7, 11) is 0. The van der Waals surface area contributed by atoms with Gasteiger partial charge in [0.1, 0.15) is 5.76 Å². The second-order valence-electron chi connectivity index (χ2n) is 3.85. The first-order chi connectivity index (χ1) is 9.04. The molecule has 0 aliphatic carbocycles. The Labute approximate surface area is 119 Å².